The molecule has 0 aromatic rings. The molecular formula is C8H12N2O. The minimum atomic E-state index is -0.0863. The first-order valence-electron chi connectivity index (χ1n) is 3.19. The van der Waals surface area contributed by atoms with E-state index in [0.717, 1.165) is 0 Å². The molecule has 0 rings (SSSR count). The van der Waals surface area contributed by atoms with Gasteiger partial charge in [-0.25, -0.2) is 0 Å². The van der Waals surface area contributed by atoms with E-state index in [1.807, 2.05) is 0 Å². The second-order valence-electron chi connectivity index (χ2n) is 2.23. The lowest BCUT2D eigenvalue weighted by Crippen LogP contribution is -1.95. The Kier molecular flexibility index (Phi) is 3.88. The molecule has 3 heteroatoms. The molecule has 0 aromatic carbocycles. The van der Waals surface area contributed by atoms with E-state index < -0.39 is 0 Å². The van der Waals surface area contributed by atoms with E-state index in [-0.39, 0.29) is 5.78 Å². The molecule has 0 heterocycles. The van der Waals surface area contributed by atoms with Gasteiger partial charge in [-0.2, -0.15) is 0 Å². The molecule has 0 aliphatic carbocycles. The molecule has 0 bridgehead atoms. The molecule has 0 saturated carbocycles. The third-order valence-corrected chi connectivity index (χ3v) is 0.961. The number of allylic oxidation sites excluding steroid dienone is 2. The number of nitrogens with two attached hydrogens (primary N) is 1. The summed E-state index contributed by atoms with van der Waals surface area (Å²) in [5.74, 6) is -0.0863. The largest absolute Gasteiger partial charge is 0.401 e. The SMILES string of the molecule is C=C(/C=N\C=C(\C)N)C(C)=O. The summed E-state index contributed by atoms with van der Waals surface area (Å²) in [5, 5.41) is 0. The summed E-state index contributed by atoms with van der Waals surface area (Å²) < 4.78 is 0. The summed E-state index contributed by atoms with van der Waals surface area (Å²) in [7, 11) is 0. The Labute approximate surface area is 66.3 Å². The van der Waals surface area contributed by atoms with Gasteiger partial charge in [0.25, 0.3) is 0 Å². The number of aliphatic imine (C=N–C) groups is 1. The second-order valence-corrected chi connectivity index (χ2v) is 2.23. The van der Waals surface area contributed by atoms with Crippen molar-refractivity contribution in [1.82, 2.24) is 0 Å². The maximum Gasteiger partial charge on any atom is 0.160 e. The molecule has 0 aliphatic heterocycles. The van der Waals surface area contributed by atoms with E-state index in [0.29, 0.717) is 11.3 Å². The lowest BCUT2D eigenvalue weighted by Gasteiger charge is -1.88. The van der Waals surface area contributed by atoms with Crippen molar-refractivity contribution < 1.29 is 4.79 Å². The molecule has 0 spiro atoms. The van der Waals surface area contributed by atoms with Crippen molar-refractivity contribution in [1.29, 1.82) is 0 Å². The molecule has 60 valence electrons. The van der Waals surface area contributed by atoms with Crippen LogP contribution >= 0.6 is 0 Å². The predicted molar refractivity (Wildman–Crippen MR) is 46.3 cm³/mol. The van der Waals surface area contributed by atoms with Gasteiger partial charge in [-0.1, -0.05) is 6.58 Å². The van der Waals surface area contributed by atoms with Gasteiger partial charge in [0.2, 0.25) is 0 Å². The van der Waals surface area contributed by atoms with Crippen LogP contribution in [0.25, 0.3) is 0 Å². The molecular weight excluding hydrogens is 140 g/mol. The first-order chi connectivity index (χ1) is 5.04. The fraction of sp³-hybridized carbons (Fsp3) is 0.250. The molecule has 11 heavy (non-hydrogen) atoms. The highest BCUT2D eigenvalue weighted by Gasteiger charge is 1.92. The van der Waals surface area contributed by atoms with Gasteiger partial charge in [-0.05, 0) is 13.8 Å². The molecule has 0 unspecified atom stereocenters. The normalized spacial score (nSPS) is 12.0. The smallest absolute Gasteiger partial charge is 0.160 e. The summed E-state index contributed by atoms with van der Waals surface area (Å²) in [6, 6.07) is 0. The highest BCUT2D eigenvalue weighted by Crippen LogP contribution is 1.88. The Hall–Kier alpha value is -1.38. The van der Waals surface area contributed by atoms with E-state index in [2.05, 4.69) is 11.6 Å². The van der Waals surface area contributed by atoms with E-state index in [9.17, 15) is 4.79 Å². The Morgan fingerprint density at radius 3 is 2.45 bits per heavy atom. The topological polar surface area (TPSA) is 55.4 Å². The minimum Gasteiger partial charge on any atom is -0.401 e. The van der Waals surface area contributed by atoms with Crippen molar-refractivity contribution in [2.75, 3.05) is 0 Å². The van der Waals surface area contributed by atoms with E-state index in [4.69, 9.17) is 5.73 Å². The molecule has 0 saturated heterocycles. The summed E-state index contributed by atoms with van der Waals surface area (Å²) in [6.45, 7) is 6.64. The number of nitrogens with zero attached hydrogens (tertiary/aromatic N) is 1. The zero-order valence-electron chi connectivity index (χ0n) is 6.79. The fourth-order valence-electron chi connectivity index (χ4n) is 0.336. The van der Waals surface area contributed by atoms with Gasteiger partial charge in [0.15, 0.2) is 5.78 Å². The van der Waals surface area contributed by atoms with Gasteiger partial charge >= 0.3 is 0 Å². The van der Waals surface area contributed by atoms with Crippen LogP contribution in [0.3, 0.4) is 0 Å². The Balaban J connectivity index is 4.05. The van der Waals surface area contributed by atoms with Crippen LogP contribution < -0.4 is 5.73 Å². The van der Waals surface area contributed by atoms with Crippen molar-refractivity contribution in [3.05, 3.63) is 24.0 Å². The number of hydrogen-bond acceptors (Lipinski definition) is 3. The zero-order valence-corrected chi connectivity index (χ0v) is 6.79. The van der Waals surface area contributed by atoms with E-state index in [1.54, 1.807) is 6.92 Å². The lowest BCUT2D eigenvalue weighted by molar-refractivity contribution is -0.113. The van der Waals surface area contributed by atoms with E-state index >= 15 is 0 Å². The van der Waals surface area contributed by atoms with Gasteiger partial charge in [-0.3, -0.25) is 9.79 Å². The third-order valence-electron chi connectivity index (χ3n) is 0.961. The van der Waals surface area contributed by atoms with Gasteiger partial charge < -0.3 is 5.73 Å². The Morgan fingerprint density at radius 2 is 2.09 bits per heavy atom. The maximum atomic E-state index is 10.6. The summed E-state index contributed by atoms with van der Waals surface area (Å²) in [4.78, 5) is 14.3. The number of hydrogen-bond donors (Lipinski definition) is 1. The Bertz CT molecular complexity index is 222. The van der Waals surface area contributed by atoms with E-state index in [1.165, 1.54) is 19.3 Å². The molecule has 0 fully saturated rings. The summed E-state index contributed by atoms with van der Waals surface area (Å²) in [5.41, 5.74) is 6.26. The van der Waals surface area contributed by atoms with Crippen LogP contribution in [-0.4, -0.2) is 12.0 Å². The molecule has 0 atom stereocenters. The summed E-state index contributed by atoms with van der Waals surface area (Å²) >= 11 is 0. The second kappa shape index (κ2) is 4.44. The summed E-state index contributed by atoms with van der Waals surface area (Å²) in [6.07, 6.45) is 2.85. The molecule has 3 nitrogen and oxygen atoms in total. The monoisotopic (exact) mass is 152 g/mol. The first-order valence-corrected chi connectivity index (χ1v) is 3.19. The van der Waals surface area contributed by atoms with Crippen molar-refractivity contribution in [3.63, 3.8) is 0 Å². The van der Waals surface area contributed by atoms with Gasteiger partial charge in [0.1, 0.15) is 0 Å². The predicted octanol–water partition coefficient (Wildman–Crippen LogP) is 1.02. The zero-order chi connectivity index (χ0) is 8.85. The molecule has 2 N–H and O–H groups in total. The Morgan fingerprint density at radius 1 is 1.55 bits per heavy atom. The van der Waals surface area contributed by atoms with Crippen LogP contribution in [0.4, 0.5) is 0 Å². The highest BCUT2D eigenvalue weighted by molar-refractivity contribution is 6.11. The number of Topliss-reactive ketones (excluding diaryl/α,β-unsaturated/α-hetero) is 1. The highest BCUT2D eigenvalue weighted by atomic mass is 16.1. The van der Waals surface area contributed by atoms with Crippen molar-refractivity contribution >= 4 is 12.0 Å². The van der Waals surface area contributed by atoms with Crippen LogP contribution in [0.2, 0.25) is 0 Å². The number of rotatable bonds is 3. The number of ketones is 1. The molecule has 0 aliphatic rings. The van der Waals surface area contributed by atoms with Gasteiger partial charge in [0.05, 0.1) is 0 Å². The third kappa shape index (κ3) is 5.08. The average molecular weight is 152 g/mol. The van der Waals surface area contributed by atoms with Crippen molar-refractivity contribution in [3.8, 4) is 0 Å². The van der Waals surface area contributed by atoms with Crippen LogP contribution in [0.15, 0.2) is 29.0 Å². The first kappa shape index (κ1) is 9.62. The van der Waals surface area contributed by atoms with Crippen molar-refractivity contribution in [2.24, 2.45) is 10.7 Å². The van der Waals surface area contributed by atoms with Gasteiger partial charge in [0, 0.05) is 23.7 Å². The number of carbonyl (C=O) groups excluding carboxylic acids is 1. The van der Waals surface area contributed by atoms with Crippen LogP contribution in [0.5, 0.6) is 0 Å². The molecule has 0 amide bonds. The molecule has 0 radical (unpaired) electrons. The van der Waals surface area contributed by atoms with Crippen LogP contribution in [0, 0.1) is 0 Å². The number of carbonyl (C=O) groups is 1. The fourth-order valence-corrected chi connectivity index (χ4v) is 0.336. The molecule has 0 aromatic heterocycles. The average Bonchev–Trinajstić information content (AvgIpc) is 1.86. The van der Waals surface area contributed by atoms with Crippen molar-refractivity contribution in [2.45, 2.75) is 13.8 Å². The lowest BCUT2D eigenvalue weighted by atomic mass is 10.2. The van der Waals surface area contributed by atoms with Crippen LogP contribution in [-0.2, 0) is 4.79 Å². The van der Waals surface area contributed by atoms with Crippen LogP contribution in [0.1, 0.15) is 13.8 Å². The minimum absolute atomic E-state index is 0.0863. The maximum absolute atomic E-state index is 10.6. The quantitative estimate of drug-likeness (QED) is 0.485. The van der Waals surface area contributed by atoms with Gasteiger partial charge in [-0.15, -0.1) is 0 Å². The standard InChI is InChI=1S/C8H12N2O/c1-6(8(3)11)4-10-5-7(2)9/h4-5H,1,9H2,2-3H3/b7-5-,10-4-.